The summed E-state index contributed by atoms with van der Waals surface area (Å²) in [6.45, 7) is 0.165. The number of hydrogen-bond donors (Lipinski definition) is 2. The number of thiophene rings is 1. The van der Waals surface area contributed by atoms with Crippen LogP contribution >= 0.6 is 34.7 Å². The largest absolute Gasteiger partial charge is 0.396 e. The van der Waals surface area contributed by atoms with Gasteiger partial charge in [0.15, 0.2) is 0 Å². The number of carbonyl (C=O) groups excluding carboxylic acids is 1. The summed E-state index contributed by atoms with van der Waals surface area (Å²) >= 11 is 8.66. The maximum atomic E-state index is 12.0. The van der Waals surface area contributed by atoms with Crippen LogP contribution in [0.1, 0.15) is 15.2 Å². The predicted molar refractivity (Wildman–Crippen MR) is 84.8 cm³/mol. The fourth-order valence-electron chi connectivity index (χ4n) is 1.50. The van der Waals surface area contributed by atoms with Crippen molar-refractivity contribution in [3.8, 4) is 0 Å². The number of rotatable bonds is 6. The standard InChI is InChI=1S/C13H13ClN2O2S2/c14-11-2-1-10(20-11)13(18)16-12-7-9(3-4-15-12)8-19-6-5-17/h1-4,7,17H,5-6,8H2,(H,15,16,18). The van der Waals surface area contributed by atoms with Crippen molar-refractivity contribution in [3.63, 3.8) is 0 Å². The van der Waals surface area contributed by atoms with E-state index in [2.05, 4.69) is 10.3 Å². The lowest BCUT2D eigenvalue weighted by Gasteiger charge is -2.05. The summed E-state index contributed by atoms with van der Waals surface area (Å²) in [5.41, 5.74) is 1.05. The van der Waals surface area contributed by atoms with Crippen molar-refractivity contribution in [3.05, 3.63) is 45.2 Å². The van der Waals surface area contributed by atoms with E-state index < -0.39 is 0 Å². The number of thioether (sulfide) groups is 1. The first-order valence-electron chi connectivity index (χ1n) is 5.89. The molecule has 0 unspecified atom stereocenters. The van der Waals surface area contributed by atoms with Gasteiger partial charge in [0.1, 0.15) is 5.82 Å². The van der Waals surface area contributed by atoms with E-state index in [1.165, 1.54) is 11.3 Å². The summed E-state index contributed by atoms with van der Waals surface area (Å²) in [5, 5.41) is 11.5. The number of hydrogen-bond acceptors (Lipinski definition) is 5. The number of carbonyl (C=O) groups is 1. The Bertz CT molecular complexity index is 589. The molecule has 0 radical (unpaired) electrons. The van der Waals surface area contributed by atoms with Crippen LogP contribution < -0.4 is 5.32 Å². The first-order chi connectivity index (χ1) is 9.69. The molecule has 0 fully saturated rings. The van der Waals surface area contributed by atoms with E-state index in [9.17, 15) is 4.79 Å². The van der Waals surface area contributed by atoms with E-state index in [1.54, 1.807) is 30.1 Å². The first kappa shape index (κ1) is 15.3. The van der Waals surface area contributed by atoms with Crippen molar-refractivity contribution in [1.29, 1.82) is 0 Å². The van der Waals surface area contributed by atoms with E-state index in [4.69, 9.17) is 16.7 Å². The molecule has 7 heteroatoms. The zero-order chi connectivity index (χ0) is 14.4. The molecular weight excluding hydrogens is 316 g/mol. The topological polar surface area (TPSA) is 62.2 Å². The molecule has 0 bridgehead atoms. The maximum absolute atomic E-state index is 12.0. The second-order valence-electron chi connectivity index (χ2n) is 3.88. The van der Waals surface area contributed by atoms with E-state index in [-0.39, 0.29) is 12.5 Å². The van der Waals surface area contributed by atoms with E-state index in [1.807, 2.05) is 12.1 Å². The van der Waals surface area contributed by atoms with E-state index >= 15 is 0 Å². The molecule has 2 N–H and O–H groups in total. The van der Waals surface area contributed by atoms with Gasteiger partial charge in [0.25, 0.3) is 5.91 Å². The van der Waals surface area contributed by atoms with Crippen LogP contribution in [-0.4, -0.2) is 28.4 Å². The van der Waals surface area contributed by atoms with E-state index in [0.29, 0.717) is 20.8 Å². The third-order valence-corrected chi connectivity index (χ3v) is 4.61. The number of anilines is 1. The van der Waals surface area contributed by atoms with Gasteiger partial charge in [0.2, 0.25) is 0 Å². The average Bonchev–Trinajstić information content (AvgIpc) is 2.86. The predicted octanol–water partition coefficient (Wildman–Crippen LogP) is 3.27. The van der Waals surface area contributed by atoms with Crippen molar-refractivity contribution in [2.75, 3.05) is 17.7 Å². The maximum Gasteiger partial charge on any atom is 0.266 e. The Morgan fingerprint density at radius 1 is 1.45 bits per heavy atom. The molecular formula is C13H13ClN2O2S2. The molecule has 0 spiro atoms. The second-order valence-corrected chi connectivity index (χ2v) is 6.70. The van der Waals surface area contributed by atoms with Gasteiger partial charge in [-0.25, -0.2) is 4.98 Å². The summed E-state index contributed by atoms with van der Waals surface area (Å²) in [4.78, 5) is 16.6. The van der Waals surface area contributed by atoms with Crippen molar-refractivity contribution in [2.24, 2.45) is 0 Å². The van der Waals surface area contributed by atoms with Gasteiger partial charge in [-0.3, -0.25) is 4.79 Å². The minimum atomic E-state index is -0.213. The van der Waals surface area contributed by atoms with Gasteiger partial charge in [-0.2, -0.15) is 11.8 Å². The lowest BCUT2D eigenvalue weighted by molar-refractivity contribution is 0.103. The van der Waals surface area contributed by atoms with Crippen LogP contribution in [-0.2, 0) is 5.75 Å². The first-order valence-corrected chi connectivity index (χ1v) is 8.24. The highest BCUT2D eigenvalue weighted by Crippen LogP contribution is 2.22. The summed E-state index contributed by atoms with van der Waals surface area (Å²) in [5.74, 6) is 1.77. The molecule has 2 rings (SSSR count). The lowest BCUT2D eigenvalue weighted by Crippen LogP contribution is -2.11. The van der Waals surface area contributed by atoms with Gasteiger partial charge in [0, 0.05) is 17.7 Å². The molecule has 106 valence electrons. The molecule has 4 nitrogen and oxygen atoms in total. The number of nitrogens with zero attached hydrogens (tertiary/aromatic N) is 1. The van der Waals surface area contributed by atoms with Crippen LogP contribution in [0.4, 0.5) is 5.82 Å². The molecule has 0 saturated carbocycles. The number of aliphatic hydroxyl groups excluding tert-OH is 1. The quantitative estimate of drug-likeness (QED) is 0.799. The fourth-order valence-corrected chi connectivity index (χ4v) is 3.13. The smallest absolute Gasteiger partial charge is 0.266 e. The number of pyridine rings is 1. The molecule has 20 heavy (non-hydrogen) atoms. The third-order valence-electron chi connectivity index (χ3n) is 2.37. The van der Waals surface area contributed by atoms with Gasteiger partial charge < -0.3 is 10.4 Å². The number of aliphatic hydroxyl groups is 1. The molecule has 2 aromatic heterocycles. The van der Waals surface area contributed by atoms with Gasteiger partial charge in [-0.1, -0.05) is 11.6 Å². The Balaban J connectivity index is 1.98. The number of halogens is 1. The van der Waals surface area contributed by atoms with Crippen LogP contribution in [0.5, 0.6) is 0 Å². The highest BCUT2D eigenvalue weighted by atomic mass is 35.5. The van der Waals surface area contributed by atoms with Crippen LogP contribution in [0, 0.1) is 0 Å². The van der Waals surface area contributed by atoms with Crippen LogP contribution in [0.2, 0.25) is 4.34 Å². The number of aromatic nitrogens is 1. The molecule has 2 aromatic rings. The van der Waals surface area contributed by atoms with E-state index in [0.717, 1.165) is 11.3 Å². The Morgan fingerprint density at radius 3 is 3.00 bits per heavy atom. The Hall–Kier alpha value is -1.08. The molecule has 2 heterocycles. The van der Waals surface area contributed by atoms with Crippen molar-refractivity contribution >= 4 is 46.4 Å². The molecule has 0 aliphatic rings. The molecule has 0 saturated heterocycles. The molecule has 1 amide bonds. The number of amides is 1. The highest BCUT2D eigenvalue weighted by molar-refractivity contribution is 7.98. The monoisotopic (exact) mass is 328 g/mol. The summed E-state index contributed by atoms with van der Waals surface area (Å²) in [7, 11) is 0. The normalized spacial score (nSPS) is 10.5. The van der Waals surface area contributed by atoms with Crippen LogP contribution in [0.3, 0.4) is 0 Å². The average molecular weight is 329 g/mol. The zero-order valence-corrected chi connectivity index (χ0v) is 12.9. The summed E-state index contributed by atoms with van der Waals surface area (Å²) in [6.07, 6.45) is 1.66. The van der Waals surface area contributed by atoms with Gasteiger partial charge >= 0.3 is 0 Å². The Kier molecular flexibility index (Phi) is 5.85. The third kappa shape index (κ3) is 4.49. The highest BCUT2D eigenvalue weighted by Gasteiger charge is 2.09. The lowest BCUT2D eigenvalue weighted by atomic mass is 10.3. The van der Waals surface area contributed by atoms with Crippen molar-refractivity contribution in [2.45, 2.75) is 5.75 Å². The molecule has 0 aliphatic carbocycles. The summed E-state index contributed by atoms with van der Waals surface area (Å²) in [6, 6.07) is 7.10. The molecule has 0 aromatic carbocycles. The number of nitrogens with one attached hydrogen (secondary N) is 1. The zero-order valence-electron chi connectivity index (χ0n) is 10.5. The minimum absolute atomic E-state index is 0.165. The molecule has 0 atom stereocenters. The van der Waals surface area contributed by atoms with Gasteiger partial charge in [-0.15, -0.1) is 11.3 Å². The second kappa shape index (κ2) is 7.64. The minimum Gasteiger partial charge on any atom is -0.396 e. The van der Waals surface area contributed by atoms with Gasteiger partial charge in [0.05, 0.1) is 15.8 Å². The summed E-state index contributed by atoms with van der Waals surface area (Å²) < 4.78 is 0.581. The van der Waals surface area contributed by atoms with Crippen molar-refractivity contribution in [1.82, 2.24) is 4.98 Å². The fraction of sp³-hybridized carbons (Fsp3) is 0.231. The van der Waals surface area contributed by atoms with Gasteiger partial charge in [-0.05, 0) is 29.8 Å². The Labute approximate surface area is 130 Å². The van der Waals surface area contributed by atoms with Crippen LogP contribution in [0.25, 0.3) is 0 Å². The van der Waals surface area contributed by atoms with Crippen LogP contribution in [0.15, 0.2) is 30.5 Å². The van der Waals surface area contributed by atoms with Crippen molar-refractivity contribution < 1.29 is 9.90 Å². The molecule has 0 aliphatic heterocycles. The SMILES string of the molecule is O=C(Nc1cc(CSCCO)ccn1)c1ccc(Cl)s1. The Morgan fingerprint density at radius 2 is 2.30 bits per heavy atom.